The van der Waals surface area contributed by atoms with Gasteiger partial charge in [0.25, 0.3) is 5.69 Å². The first-order chi connectivity index (χ1) is 15.9. The molecule has 0 N–H and O–H groups in total. The van der Waals surface area contributed by atoms with Crippen LogP contribution in [-0.4, -0.2) is 11.1 Å². The summed E-state index contributed by atoms with van der Waals surface area (Å²) in [6, 6.07) is 22.8. The van der Waals surface area contributed by atoms with E-state index < -0.39 is 4.92 Å². The minimum Gasteiger partial charge on any atom is -0.436 e. The van der Waals surface area contributed by atoms with Gasteiger partial charge in [0.2, 0.25) is 5.88 Å². The molecule has 1 aromatic heterocycles. The van der Waals surface area contributed by atoms with Gasteiger partial charge >= 0.3 is 0 Å². The van der Waals surface area contributed by atoms with Gasteiger partial charge in [0, 0.05) is 29.0 Å². The number of aryl methyl sites for hydroxylation is 3. The van der Waals surface area contributed by atoms with E-state index in [1.165, 1.54) is 12.3 Å². The summed E-state index contributed by atoms with van der Waals surface area (Å²) in [4.78, 5) is 15.2. The summed E-state index contributed by atoms with van der Waals surface area (Å²) in [6.45, 7) is 5.69. The van der Waals surface area contributed by atoms with E-state index in [0.29, 0.717) is 28.0 Å². The molecule has 1 heterocycles. The Morgan fingerprint density at radius 2 is 1.55 bits per heavy atom. The average Bonchev–Trinajstić information content (AvgIpc) is 3.17. The smallest absolute Gasteiger partial charge is 0.272 e. The summed E-state index contributed by atoms with van der Waals surface area (Å²) in [5, 5.41) is 21.3. The van der Waals surface area contributed by atoms with Gasteiger partial charge in [0.15, 0.2) is 0 Å². The Labute approximate surface area is 191 Å². The molecule has 0 unspecified atom stereocenters. The number of furan rings is 1. The van der Waals surface area contributed by atoms with Crippen molar-refractivity contribution in [3.63, 3.8) is 0 Å². The van der Waals surface area contributed by atoms with Gasteiger partial charge in [-0.25, -0.2) is 4.99 Å². The van der Waals surface area contributed by atoms with Crippen LogP contribution in [0.5, 0.6) is 0 Å². The Bertz CT molecular complexity index is 1410. The molecule has 33 heavy (non-hydrogen) atoms. The molecule has 0 aliphatic heterocycles. The summed E-state index contributed by atoms with van der Waals surface area (Å²) >= 11 is 0. The molecule has 0 atom stereocenters. The average molecular weight is 435 g/mol. The lowest BCUT2D eigenvalue weighted by Crippen LogP contribution is -1.93. The number of hydrogen-bond acceptors (Lipinski definition) is 5. The van der Waals surface area contributed by atoms with Crippen LogP contribution in [0.3, 0.4) is 0 Å². The summed E-state index contributed by atoms with van der Waals surface area (Å²) < 4.78 is 6.12. The number of benzene rings is 3. The van der Waals surface area contributed by atoms with E-state index in [1.54, 1.807) is 19.1 Å². The highest BCUT2D eigenvalue weighted by Crippen LogP contribution is 2.42. The van der Waals surface area contributed by atoms with Crippen molar-refractivity contribution < 1.29 is 9.34 Å². The van der Waals surface area contributed by atoms with Crippen molar-refractivity contribution in [1.82, 2.24) is 0 Å². The van der Waals surface area contributed by atoms with Crippen LogP contribution in [0.25, 0.3) is 22.5 Å². The predicted molar refractivity (Wildman–Crippen MR) is 129 cm³/mol. The second-order valence-corrected chi connectivity index (χ2v) is 7.89. The van der Waals surface area contributed by atoms with Gasteiger partial charge in [-0.05, 0) is 31.9 Å². The fourth-order valence-corrected chi connectivity index (χ4v) is 3.55. The Morgan fingerprint density at radius 1 is 0.939 bits per heavy atom. The van der Waals surface area contributed by atoms with Crippen LogP contribution in [-0.2, 0) is 0 Å². The van der Waals surface area contributed by atoms with Gasteiger partial charge < -0.3 is 4.42 Å². The molecule has 162 valence electrons. The number of hydrogen-bond donors (Lipinski definition) is 0. The standard InChI is InChI=1S/C27H21N3O3/c1-17-4-10-21(11-5-17)25-23(15-28)27(33-26(25)22-12-6-18(2)7-13-22)29-16-20-9-8-19(3)24(14-20)30(31)32/h4-14,16H,1-3H3. The molecule has 6 heteroatoms. The molecule has 0 bridgehead atoms. The van der Waals surface area contributed by atoms with Crippen molar-refractivity contribution in [3.05, 3.63) is 105 Å². The third-order valence-corrected chi connectivity index (χ3v) is 5.42. The molecule has 0 saturated carbocycles. The fourth-order valence-electron chi connectivity index (χ4n) is 3.55. The third kappa shape index (κ3) is 4.43. The maximum absolute atomic E-state index is 11.3. The minimum absolute atomic E-state index is 0.0135. The van der Waals surface area contributed by atoms with Gasteiger partial charge in [0.1, 0.15) is 17.4 Å². The maximum Gasteiger partial charge on any atom is 0.272 e. The largest absolute Gasteiger partial charge is 0.436 e. The van der Waals surface area contributed by atoms with E-state index in [-0.39, 0.29) is 11.6 Å². The summed E-state index contributed by atoms with van der Waals surface area (Å²) in [6.07, 6.45) is 1.48. The van der Waals surface area contributed by atoms with E-state index in [4.69, 9.17) is 4.42 Å². The van der Waals surface area contributed by atoms with E-state index in [0.717, 1.165) is 22.3 Å². The zero-order valence-electron chi connectivity index (χ0n) is 18.5. The van der Waals surface area contributed by atoms with Crippen LogP contribution in [0, 0.1) is 42.2 Å². The molecule has 0 spiro atoms. The number of rotatable bonds is 5. The molecular weight excluding hydrogens is 414 g/mol. The van der Waals surface area contributed by atoms with Crippen molar-refractivity contribution in [2.45, 2.75) is 20.8 Å². The number of nitro groups is 1. The molecule has 0 saturated heterocycles. The first-order valence-electron chi connectivity index (χ1n) is 10.4. The number of nitriles is 1. The van der Waals surface area contributed by atoms with Crippen molar-refractivity contribution in [2.24, 2.45) is 4.99 Å². The molecular formula is C27H21N3O3. The van der Waals surface area contributed by atoms with Gasteiger partial charge in [-0.2, -0.15) is 5.26 Å². The third-order valence-electron chi connectivity index (χ3n) is 5.42. The molecule has 4 rings (SSSR count). The van der Waals surface area contributed by atoms with E-state index >= 15 is 0 Å². The highest BCUT2D eigenvalue weighted by Gasteiger charge is 2.23. The maximum atomic E-state index is 11.3. The highest BCUT2D eigenvalue weighted by atomic mass is 16.6. The van der Waals surface area contributed by atoms with Crippen molar-refractivity contribution in [3.8, 4) is 28.5 Å². The molecule has 0 fully saturated rings. The lowest BCUT2D eigenvalue weighted by Gasteiger charge is -2.05. The van der Waals surface area contributed by atoms with Crippen molar-refractivity contribution >= 4 is 17.8 Å². The monoisotopic (exact) mass is 435 g/mol. The Hall–Kier alpha value is -4.50. The molecule has 0 amide bonds. The zero-order chi connectivity index (χ0) is 23.5. The molecule has 0 aliphatic rings. The van der Waals surface area contributed by atoms with E-state index in [1.807, 2.05) is 62.4 Å². The first kappa shape index (κ1) is 21.7. The lowest BCUT2D eigenvalue weighted by molar-refractivity contribution is -0.385. The normalized spacial score (nSPS) is 11.0. The van der Waals surface area contributed by atoms with Gasteiger partial charge in [0.05, 0.1) is 4.92 Å². The molecule has 0 aliphatic carbocycles. The van der Waals surface area contributed by atoms with E-state index in [2.05, 4.69) is 11.1 Å². The summed E-state index contributed by atoms with van der Waals surface area (Å²) in [5.74, 6) is 0.712. The van der Waals surface area contributed by atoms with Crippen LogP contribution in [0.4, 0.5) is 11.6 Å². The van der Waals surface area contributed by atoms with Gasteiger partial charge in [-0.15, -0.1) is 0 Å². The van der Waals surface area contributed by atoms with Crippen LogP contribution in [0.15, 0.2) is 76.1 Å². The molecule has 4 aromatic rings. The zero-order valence-corrected chi connectivity index (χ0v) is 18.5. The van der Waals surface area contributed by atoms with Crippen LogP contribution in [0.2, 0.25) is 0 Å². The van der Waals surface area contributed by atoms with Crippen LogP contribution >= 0.6 is 0 Å². The quantitative estimate of drug-likeness (QED) is 0.190. The van der Waals surface area contributed by atoms with Crippen molar-refractivity contribution in [2.75, 3.05) is 0 Å². The van der Waals surface area contributed by atoms with Crippen LogP contribution in [0.1, 0.15) is 27.8 Å². The van der Waals surface area contributed by atoms with E-state index in [9.17, 15) is 15.4 Å². The number of nitro benzene ring substituents is 1. The molecule has 0 radical (unpaired) electrons. The second kappa shape index (κ2) is 8.93. The predicted octanol–water partition coefficient (Wildman–Crippen LogP) is 7.07. The SMILES string of the molecule is Cc1ccc(-c2oc(N=Cc3ccc(C)c([N+](=O)[O-])c3)c(C#N)c2-c2ccc(C)cc2)cc1. The highest BCUT2D eigenvalue weighted by molar-refractivity contribution is 5.90. The Morgan fingerprint density at radius 3 is 2.12 bits per heavy atom. The summed E-state index contributed by atoms with van der Waals surface area (Å²) in [5.41, 5.74) is 6.01. The van der Waals surface area contributed by atoms with Crippen molar-refractivity contribution in [1.29, 1.82) is 5.26 Å². The first-order valence-corrected chi connectivity index (χ1v) is 10.4. The molecule has 6 nitrogen and oxygen atoms in total. The topological polar surface area (TPSA) is 92.4 Å². The molecule has 3 aromatic carbocycles. The lowest BCUT2D eigenvalue weighted by atomic mass is 9.97. The fraction of sp³-hybridized carbons (Fsp3) is 0.111. The minimum atomic E-state index is -0.425. The van der Waals surface area contributed by atoms with Gasteiger partial charge in [-0.1, -0.05) is 71.8 Å². The number of aliphatic imine (C=N–C) groups is 1. The Kier molecular flexibility index (Phi) is 5.88. The van der Waals surface area contributed by atoms with Crippen LogP contribution < -0.4 is 0 Å². The van der Waals surface area contributed by atoms with Gasteiger partial charge in [-0.3, -0.25) is 10.1 Å². The number of nitrogens with zero attached hydrogens (tertiary/aromatic N) is 3. The second-order valence-electron chi connectivity index (χ2n) is 7.89. The Balaban J connectivity index is 1.86. The summed E-state index contributed by atoms with van der Waals surface area (Å²) in [7, 11) is 0.